The molecule has 2 aliphatic rings. The lowest BCUT2D eigenvalue weighted by atomic mass is 10.0. The zero-order chi connectivity index (χ0) is 20.4. The molecule has 7 heteroatoms. The van der Waals surface area contributed by atoms with E-state index in [4.69, 9.17) is 0 Å². The van der Waals surface area contributed by atoms with Gasteiger partial charge in [0.2, 0.25) is 5.91 Å². The van der Waals surface area contributed by atoms with Gasteiger partial charge in [0.15, 0.2) is 0 Å². The van der Waals surface area contributed by atoms with Crippen LogP contribution in [0, 0.1) is 5.92 Å². The van der Waals surface area contributed by atoms with E-state index in [1.165, 1.54) is 30.3 Å². The minimum Gasteiger partial charge on any atom is -0.354 e. The molecule has 1 aromatic rings. The number of carbonyl (C=O) groups is 1. The Morgan fingerprint density at radius 1 is 0.964 bits per heavy atom. The Morgan fingerprint density at radius 3 is 2.07 bits per heavy atom. The van der Waals surface area contributed by atoms with Crippen molar-refractivity contribution >= 4 is 11.7 Å². The third kappa shape index (κ3) is 4.18. The summed E-state index contributed by atoms with van der Waals surface area (Å²) in [4.78, 5) is 42.1. The SMILES string of the molecule is CC(C)n1c(N2CCN(C(=O)CC3CCCC3)CC2)cc(=O)n(C(C)C)c1=O. The fourth-order valence-electron chi connectivity index (χ4n) is 4.54. The average Bonchev–Trinajstić information content (AvgIpc) is 3.13. The first-order chi connectivity index (χ1) is 13.3. The molecule has 0 aromatic carbocycles. The first kappa shape index (κ1) is 20.7. The summed E-state index contributed by atoms with van der Waals surface area (Å²) in [5.74, 6) is 1.48. The van der Waals surface area contributed by atoms with Crippen molar-refractivity contribution < 1.29 is 4.79 Å². The molecule has 2 heterocycles. The molecule has 2 fully saturated rings. The van der Waals surface area contributed by atoms with Crippen LogP contribution in [0.15, 0.2) is 15.7 Å². The van der Waals surface area contributed by atoms with Crippen LogP contribution in [0.1, 0.15) is 71.9 Å². The van der Waals surface area contributed by atoms with E-state index in [1.807, 2.05) is 32.6 Å². The molecule has 1 saturated carbocycles. The van der Waals surface area contributed by atoms with E-state index in [0.29, 0.717) is 44.3 Å². The van der Waals surface area contributed by atoms with Gasteiger partial charge in [-0.3, -0.25) is 18.7 Å². The zero-order valence-electron chi connectivity index (χ0n) is 17.7. The fourth-order valence-corrected chi connectivity index (χ4v) is 4.54. The molecular weight excluding hydrogens is 356 g/mol. The Kier molecular flexibility index (Phi) is 6.30. The molecule has 156 valence electrons. The number of rotatable bonds is 5. The lowest BCUT2D eigenvalue weighted by Gasteiger charge is -2.38. The highest BCUT2D eigenvalue weighted by Crippen LogP contribution is 2.28. The van der Waals surface area contributed by atoms with Crippen molar-refractivity contribution in [3.05, 3.63) is 26.9 Å². The van der Waals surface area contributed by atoms with E-state index < -0.39 is 0 Å². The number of nitrogens with zero attached hydrogens (tertiary/aromatic N) is 4. The van der Waals surface area contributed by atoms with Crippen LogP contribution < -0.4 is 16.1 Å². The van der Waals surface area contributed by atoms with E-state index in [-0.39, 0.29) is 29.2 Å². The van der Waals surface area contributed by atoms with E-state index >= 15 is 0 Å². The van der Waals surface area contributed by atoms with Crippen LogP contribution in [0.4, 0.5) is 5.82 Å². The van der Waals surface area contributed by atoms with Crippen LogP contribution in [0.25, 0.3) is 0 Å². The van der Waals surface area contributed by atoms with Crippen molar-refractivity contribution in [3.63, 3.8) is 0 Å². The molecule has 7 nitrogen and oxygen atoms in total. The molecule has 1 saturated heterocycles. The summed E-state index contributed by atoms with van der Waals surface area (Å²) in [5.41, 5.74) is -0.515. The number of piperazine rings is 1. The van der Waals surface area contributed by atoms with Gasteiger partial charge in [0.25, 0.3) is 5.56 Å². The van der Waals surface area contributed by atoms with Gasteiger partial charge < -0.3 is 9.80 Å². The first-order valence-corrected chi connectivity index (χ1v) is 10.7. The predicted molar refractivity (Wildman–Crippen MR) is 111 cm³/mol. The number of aromatic nitrogens is 2. The molecule has 0 radical (unpaired) electrons. The van der Waals surface area contributed by atoms with Crippen molar-refractivity contribution in [2.45, 2.75) is 71.9 Å². The average molecular weight is 391 g/mol. The van der Waals surface area contributed by atoms with E-state index in [0.717, 1.165) is 0 Å². The number of anilines is 1. The Bertz CT molecular complexity index is 810. The van der Waals surface area contributed by atoms with Gasteiger partial charge in [-0.15, -0.1) is 0 Å². The zero-order valence-corrected chi connectivity index (χ0v) is 17.7. The van der Waals surface area contributed by atoms with E-state index in [1.54, 1.807) is 10.6 Å². The van der Waals surface area contributed by atoms with Gasteiger partial charge in [0, 0.05) is 50.7 Å². The number of carbonyl (C=O) groups excluding carboxylic acids is 1. The number of hydrogen-bond acceptors (Lipinski definition) is 4. The van der Waals surface area contributed by atoms with Crippen LogP contribution in [0.2, 0.25) is 0 Å². The number of hydrogen-bond donors (Lipinski definition) is 0. The third-order valence-corrected chi connectivity index (χ3v) is 6.08. The van der Waals surface area contributed by atoms with Gasteiger partial charge in [0.05, 0.1) is 0 Å². The van der Waals surface area contributed by atoms with Crippen molar-refractivity contribution in [3.8, 4) is 0 Å². The maximum absolute atomic E-state index is 12.9. The van der Waals surface area contributed by atoms with Gasteiger partial charge in [-0.05, 0) is 46.5 Å². The molecule has 1 aliphatic heterocycles. The highest BCUT2D eigenvalue weighted by molar-refractivity contribution is 5.76. The monoisotopic (exact) mass is 390 g/mol. The Hall–Kier alpha value is -2.05. The molecule has 0 unspecified atom stereocenters. The maximum Gasteiger partial charge on any atom is 0.333 e. The summed E-state index contributed by atoms with van der Waals surface area (Å²) >= 11 is 0. The first-order valence-electron chi connectivity index (χ1n) is 10.7. The van der Waals surface area contributed by atoms with Crippen molar-refractivity contribution in [2.24, 2.45) is 5.92 Å². The minimum absolute atomic E-state index is 0.0462. The molecule has 0 spiro atoms. The Morgan fingerprint density at radius 2 is 1.54 bits per heavy atom. The quantitative estimate of drug-likeness (QED) is 0.774. The molecule has 0 bridgehead atoms. The topological polar surface area (TPSA) is 67.5 Å². The summed E-state index contributed by atoms with van der Waals surface area (Å²) < 4.78 is 3.02. The molecule has 1 aliphatic carbocycles. The van der Waals surface area contributed by atoms with Crippen LogP contribution >= 0.6 is 0 Å². The second kappa shape index (κ2) is 8.53. The normalized spacial score (nSPS) is 18.5. The van der Waals surface area contributed by atoms with Crippen molar-refractivity contribution in [2.75, 3.05) is 31.1 Å². The highest BCUT2D eigenvalue weighted by atomic mass is 16.2. The van der Waals surface area contributed by atoms with Gasteiger partial charge in [-0.25, -0.2) is 4.79 Å². The van der Waals surface area contributed by atoms with Crippen molar-refractivity contribution in [1.29, 1.82) is 0 Å². The largest absolute Gasteiger partial charge is 0.354 e. The summed E-state index contributed by atoms with van der Waals surface area (Å²) in [7, 11) is 0. The van der Waals surface area contributed by atoms with Crippen LogP contribution in [-0.2, 0) is 4.79 Å². The number of amides is 1. The lowest BCUT2D eigenvalue weighted by Crippen LogP contribution is -2.52. The maximum atomic E-state index is 12.9. The van der Waals surface area contributed by atoms with E-state index in [9.17, 15) is 14.4 Å². The van der Waals surface area contributed by atoms with Gasteiger partial charge in [0.1, 0.15) is 5.82 Å². The second-order valence-electron chi connectivity index (χ2n) is 8.77. The molecule has 0 atom stereocenters. The predicted octanol–water partition coefficient (Wildman–Crippen LogP) is 2.40. The third-order valence-electron chi connectivity index (χ3n) is 6.08. The minimum atomic E-state index is -0.258. The molecule has 3 rings (SSSR count). The Labute approximate surface area is 166 Å². The lowest BCUT2D eigenvalue weighted by molar-refractivity contribution is -0.132. The van der Waals surface area contributed by atoms with E-state index in [2.05, 4.69) is 4.90 Å². The van der Waals surface area contributed by atoms with Crippen LogP contribution in [0.5, 0.6) is 0 Å². The van der Waals surface area contributed by atoms with Gasteiger partial charge >= 0.3 is 5.69 Å². The van der Waals surface area contributed by atoms with Gasteiger partial charge in [-0.1, -0.05) is 12.8 Å². The van der Waals surface area contributed by atoms with Crippen LogP contribution in [-0.4, -0.2) is 46.1 Å². The summed E-state index contributed by atoms with van der Waals surface area (Å²) in [6.45, 7) is 10.2. The molecular formula is C21H34N4O3. The smallest absolute Gasteiger partial charge is 0.333 e. The standard InChI is InChI=1S/C21H34N4O3/c1-15(2)24-18(14-20(27)25(16(3)4)21(24)28)22-9-11-23(12-10-22)19(26)13-17-7-5-6-8-17/h14-17H,5-13H2,1-4H3. The molecule has 28 heavy (non-hydrogen) atoms. The summed E-state index contributed by atoms with van der Waals surface area (Å²) in [6.07, 6.45) is 5.53. The molecule has 0 N–H and O–H groups in total. The Balaban J connectivity index is 1.75. The second-order valence-corrected chi connectivity index (χ2v) is 8.77. The summed E-state index contributed by atoms with van der Waals surface area (Å²) in [5, 5.41) is 0. The fraction of sp³-hybridized carbons (Fsp3) is 0.762. The van der Waals surface area contributed by atoms with Gasteiger partial charge in [-0.2, -0.15) is 0 Å². The van der Waals surface area contributed by atoms with Crippen LogP contribution in [0.3, 0.4) is 0 Å². The van der Waals surface area contributed by atoms with Crippen molar-refractivity contribution in [1.82, 2.24) is 14.0 Å². The highest BCUT2D eigenvalue weighted by Gasteiger charge is 2.27. The summed E-state index contributed by atoms with van der Waals surface area (Å²) in [6, 6.07) is 1.36. The molecule has 1 amide bonds. The molecule has 1 aromatic heterocycles.